The number of nitrogens with zero attached hydrogens (tertiary/aromatic N) is 4. The second kappa shape index (κ2) is 7.89. The van der Waals surface area contributed by atoms with Gasteiger partial charge in [0.05, 0.1) is 5.56 Å². The van der Waals surface area contributed by atoms with Gasteiger partial charge in [-0.1, -0.05) is 32.0 Å². The number of aromatic amines is 1. The number of ketones is 1. The number of amides is 1. The van der Waals surface area contributed by atoms with E-state index < -0.39 is 11.7 Å². The zero-order valence-corrected chi connectivity index (χ0v) is 17.9. The molecule has 3 heterocycles. The summed E-state index contributed by atoms with van der Waals surface area (Å²) in [5, 5.41) is 0.796. The first-order chi connectivity index (χ1) is 14.3. The summed E-state index contributed by atoms with van der Waals surface area (Å²) in [5.74, 6) is 1.08. The fourth-order valence-corrected chi connectivity index (χ4v) is 3.95. The zero-order chi connectivity index (χ0) is 21.4. The second-order valence-electron chi connectivity index (χ2n) is 8.16. The number of anilines is 1. The van der Waals surface area contributed by atoms with Crippen LogP contribution in [0, 0.1) is 13.8 Å². The topological polar surface area (TPSA) is 82.2 Å². The van der Waals surface area contributed by atoms with Gasteiger partial charge in [0.15, 0.2) is 0 Å². The summed E-state index contributed by atoms with van der Waals surface area (Å²) in [6.45, 7) is 10.2. The Balaban J connectivity index is 1.48. The van der Waals surface area contributed by atoms with Crippen molar-refractivity contribution in [1.82, 2.24) is 19.9 Å². The van der Waals surface area contributed by atoms with Crippen LogP contribution in [0.25, 0.3) is 10.9 Å². The van der Waals surface area contributed by atoms with E-state index in [2.05, 4.69) is 33.7 Å². The lowest BCUT2D eigenvalue weighted by Crippen LogP contribution is -2.51. The van der Waals surface area contributed by atoms with Crippen molar-refractivity contribution < 1.29 is 9.59 Å². The Bertz CT molecular complexity index is 1110. The minimum Gasteiger partial charge on any atom is -0.358 e. The smallest absolute Gasteiger partial charge is 0.295 e. The minimum atomic E-state index is -0.446. The molecule has 1 saturated heterocycles. The highest BCUT2D eigenvalue weighted by Crippen LogP contribution is 2.24. The van der Waals surface area contributed by atoms with E-state index in [4.69, 9.17) is 0 Å². The number of para-hydroxylation sites is 1. The van der Waals surface area contributed by atoms with Crippen LogP contribution in [0.3, 0.4) is 0 Å². The molecule has 0 atom stereocenters. The van der Waals surface area contributed by atoms with E-state index in [0.717, 1.165) is 33.9 Å². The van der Waals surface area contributed by atoms with E-state index in [1.54, 1.807) is 4.90 Å². The number of aromatic nitrogens is 3. The quantitative estimate of drug-likeness (QED) is 0.532. The fraction of sp³-hybridized carbons (Fsp3) is 0.391. The van der Waals surface area contributed by atoms with Crippen molar-refractivity contribution in [3.05, 3.63) is 53.1 Å². The summed E-state index contributed by atoms with van der Waals surface area (Å²) >= 11 is 0. The lowest BCUT2D eigenvalue weighted by molar-refractivity contribution is -0.126. The predicted octanol–water partition coefficient (Wildman–Crippen LogP) is 3.23. The number of fused-ring (bicyclic) bond motifs is 1. The maximum Gasteiger partial charge on any atom is 0.295 e. The summed E-state index contributed by atoms with van der Waals surface area (Å²) in [5.41, 5.74) is 3.01. The number of benzene rings is 1. The number of hydrogen-bond acceptors (Lipinski definition) is 5. The van der Waals surface area contributed by atoms with E-state index >= 15 is 0 Å². The van der Waals surface area contributed by atoms with E-state index in [1.165, 1.54) is 0 Å². The Hall–Kier alpha value is -3.22. The number of H-pyrrole nitrogens is 1. The number of carbonyl (C=O) groups is 2. The standard InChI is InChI=1S/C23H27N5O2/c1-14(2)22-24-15(3)13-19(26-22)27-9-11-28(12-10-27)23(30)21(29)20-16(4)25-18-8-6-5-7-17(18)20/h5-8,13-14,25H,9-12H2,1-4H3. The molecular weight excluding hydrogens is 378 g/mol. The van der Waals surface area contributed by atoms with Gasteiger partial charge >= 0.3 is 0 Å². The number of nitrogens with one attached hydrogen (secondary N) is 1. The molecule has 3 aromatic rings. The maximum absolute atomic E-state index is 13.0. The number of Topliss-reactive ketones (excluding diaryl/α,β-unsaturated/α-hetero) is 1. The fourth-order valence-electron chi connectivity index (χ4n) is 3.95. The molecule has 1 aliphatic rings. The van der Waals surface area contributed by atoms with Crippen LogP contribution in [0.5, 0.6) is 0 Å². The first kappa shape index (κ1) is 20.1. The van der Waals surface area contributed by atoms with Crippen LogP contribution in [0.2, 0.25) is 0 Å². The summed E-state index contributed by atoms with van der Waals surface area (Å²) in [6, 6.07) is 9.56. The zero-order valence-electron chi connectivity index (χ0n) is 17.9. The molecule has 1 N–H and O–H groups in total. The van der Waals surface area contributed by atoms with Crippen LogP contribution < -0.4 is 4.90 Å². The van der Waals surface area contributed by atoms with Crippen LogP contribution in [0.1, 0.15) is 47.3 Å². The minimum absolute atomic E-state index is 0.253. The van der Waals surface area contributed by atoms with E-state index in [-0.39, 0.29) is 5.92 Å². The van der Waals surface area contributed by atoms with Gasteiger partial charge in [-0.3, -0.25) is 9.59 Å². The molecule has 4 rings (SSSR count). The van der Waals surface area contributed by atoms with Crippen molar-refractivity contribution in [2.45, 2.75) is 33.6 Å². The molecular formula is C23H27N5O2. The SMILES string of the molecule is Cc1cc(N2CCN(C(=O)C(=O)c3c(C)[nH]c4ccccc34)CC2)nc(C(C)C)n1. The molecule has 1 aliphatic heterocycles. The molecule has 156 valence electrons. The molecule has 2 aromatic heterocycles. The Kier molecular flexibility index (Phi) is 5.28. The largest absolute Gasteiger partial charge is 0.358 e. The van der Waals surface area contributed by atoms with Crippen LogP contribution in [-0.2, 0) is 4.79 Å². The van der Waals surface area contributed by atoms with E-state index in [9.17, 15) is 9.59 Å². The highest BCUT2D eigenvalue weighted by Gasteiger charge is 2.30. The monoisotopic (exact) mass is 405 g/mol. The van der Waals surface area contributed by atoms with Crippen LogP contribution in [0.15, 0.2) is 30.3 Å². The van der Waals surface area contributed by atoms with Gasteiger partial charge in [0.2, 0.25) is 0 Å². The molecule has 1 aromatic carbocycles. The van der Waals surface area contributed by atoms with Crippen LogP contribution >= 0.6 is 0 Å². The number of rotatable bonds is 4. The van der Waals surface area contributed by atoms with Crippen molar-refractivity contribution >= 4 is 28.4 Å². The summed E-state index contributed by atoms with van der Waals surface area (Å²) in [4.78, 5) is 42.2. The van der Waals surface area contributed by atoms with Gasteiger partial charge in [-0.25, -0.2) is 9.97 Å². The lowest BCUT2D eigenvalue weighted by atomic mass is 10.1. The Labute approximate surface area is 176 Å². The highest BCUT2D eigenvalue weighted by molar-refractivity contribution is 6.45. The third kappa shape index (κ3) is 3.67. The molecule has 7 heteroatoms. The molecule has 1 amide bonds. The van der Waals surface area contributed by atoms with E-state index in [1.807, 2.05) is 44.2 Å². The van der Waals surface area contributed by atoms with Gasteiger partial charge in [-0.2, -0.15) is 0 Å². The average molecular weight is 406 g/mol. The van der Waals surface area contributed by atoms with Crippen molar-refractivity contribution in [1.29, 1.82) is 0 Å². The Morgan fingerprint density at radius 2 is 1.73 bits per heavy atom. The van der Waals surface area contributed by atoms with Crippen LogP contribution in [0.4, 0.5) is 5.82 Å². The Morgan fingerprint density at radius 1 is 1.03 bits per heavy atom. The molecule has 0 aliphatic carbocycles. The third-order valence-corrected chi connectivity index (χ3v) is 5.58. The molecule has 30 heavy (non-hydrogen) atoms. The molecule has 0 radical (unpaired) electrons. The van der Waals surface area contributed by atoms with Gasteiger partial charge in [0, 0.05) is 60.5 Å². The summed E-state index contributed by atoms with van der Waals surface area (Å²) in [6.07, 6.45) is 0. The first-order valence-corrected chi connectivity index (χ1v) is 10.4. The van der Waals surface area contributed by atoms with E-state index in [0.29, 0.717) is 31.7 Å². The first-order valence-electron chi connectivity index (χ1n) is 10.4. The number of piperazine rings is 1. The molecule has 0 unspecified atom stereocenters. The third-order valence-electron chi connectivity index (χ3n) is 5.58. The summed E-state index contributed by atoms with van der Waals surface area (Å²) < 4.78 is 0. The highest BCUT2D eigenvalue weighted by atomic mass is 16.2. The van der Waals surface area contributed by atoms with Gasteiger partial charge in [0.1, 0.15) is 11.6 Å². The number of aryl methyl sites for hydroxylation is 2. The molecule has 0 saturated carbocycles. The number of hydrogen-bond donors (Lipinski definition) is 1. The summed E-state index contributed by atoms with van der Waals surface area (Å²) in [7, 11) is 0. The van der Waals surface area contributed by atoms with Gasteiger partial charge in [-0.15, -0.1) is 0 Å². The van der Waals surface area contributed by atoms with Gasteiger partial charge < -0.3 is 14.8 Å². The molecule has 7 nitrogen and oxygen atoms in total. The van der Waals surface area contributed by atoms with Gasteiger partial charge in [-0.05, 0) is 19.9 Å². The second-order valence-corrected chi connectivity index (χ2v) is 8.16. The van der Waals surface area contributed by atoms with Crippen LogP contribution in [-0.4, -0.2) is 57.7 Å². The van der Waals surface area contributed by atoms with Crippen molar-refractivity contribution in [3.63, 3.8) is 0 Å². The predicted molar refractivity (Wildman–Crippen MR) is 117 cm³/mol. The molecule has 0 spiro atoms. The van der Waals surface area contributed by atoms with Crippen molar-refractivity contribution in [2.75, 3.05) is 31.1 Å². The van der Waals surface area contributed by atoms with Crippen molar-refractivity contribution in [2.24, 2.45) is 0 Å². The van der Waals surface area contributed by atoms with Crippen molar-refractivity contribution in [3.8, 4) is 0 Å². The van der Waals surface area contributed by atoms with Gasteiger partial charge in [0.25, 0.3) is 11.7 Å². The Morgan fingerprint density at radius 3 is 2.43 bits per heavy atom. The lowest BCUT2D eigenvalue weighted by Gasteiger charge is -2.35. The maximum atomic E-state index is 13.0. The molecule has 0 bridgehead atoms. The number of carbonyl (C=O) groups excluding carboxylic acids is 2. The molecule has 1 fully saturated rings. The normalized spacial score (nSPS) is 14.6. The average Bonchev–Trinajstić information content (AvgIpc) is 3.08.